The predicted molar refractivity (Wildman–Crippen MR) is 60.5 cm³/mol. The molecule has 0 aromatic carbocycles. The van der Waals surface area contributed by atoms with Crippen LogP contribution in [0.3, 0.4) is 0 Å². The summed E-state index contributed by atoms with van der Waals surface area (Å²) in [4.78, 5) is 6.68. The molecule has 5 nitrogen and oxygen atoms in total. The second kappa shape index (κ2) is 4.93. The van der Waals surface area contributed by atoms with Crippen molar-refractivity contribution in [3.05, 3.63) is 11.7 Å². The molecular formula is C11H20N4O. The molecule has 0 radical (unpaired) electrons. The van der Waals surface area contributed by atoms with Gasteiger partial charge in [0.1, 0.15) is 0 Å². The fraction of sp³-hybridized carbons (Fsp3) is 0.818. The first-order valence-corrected chi connectivity index (χ1v) is 5.94. The molecule has 2 rings (SSSR count). The van der Waals surface area contributed by atoms with Crippen molar-refractivity contribution in [2.24, 2.45) is 11.7 Å². The molecule has 1 fully saturated rings. The molecule has 1 aromatic heterocycles. The molecule has 0 amide bonds. The smallest absolute Gasteiger partial charge is 0.240 e. The third kappa shape index (κ3) is 3.02. The highest BCUT2D eigenvalue weighted by Crippen LogP contribution is 2.28. The second-order valence-electron chi connectivity index (χ2n) is 4.86. The highest BCUT2D eigenvalue weighted by molar-refractivity contribution is 4.91. The molecular weight excluding hydrogens is 204 g/mol. The Hall–Kier alpha value is -0.940. The van der Waals surface area contributed by atoms with E-state index in [1.54, 1.807) is 0 Å². The van der Waals surface area contributed by atoms with Gasteiger partial charge in [0.25, 0.3) is 0 Å². The van der Waals surface area contributed by atoms with Crippen molar-refractivity contribution in [2.45, 2.75) is 45.8 Å². The number of aromatic nitrogens is 2. The Balaban J connectivity index is 1.93. The van der Waals surface area contributed by atoms with Crippen molar-refractivity contribution < 1.29 is 4.52 Å². The van der Waals surface area contributed by atoms with Crippen LogP contribution in [0.25, 0.3) is 0 Å². The van der Waals surface area contributed by atoms with Gasteiger partial charge in [-0.05, 0) is 18.8 Å². The molecule has 0 unspecified atom stereocenters. The molecule has 90 valence electrons. The largest absolute Gasteiger partial charge is 0.338 e. The number of hydrogen-bond acceptors (Lipinski definition) is 5. The molecule has 0 aliphatic heterocycles. The molecule has 2 N–H and O–H groups in total. The van der Waals surface area contributed by atoms with Gasteiger partial charge in [0, 0.05) is 12.6 Å². The fourth-order valence-electron chi connectivity index (χ4n) is 1.87. The van der Waals surface area contributed by atoms with Crippen LogP contribution in [0, 0.1) is 5.92 Å². The summed E-state index contributed by atoms with van der Waals surface area (Å²) in [6.07, 6.45) is 2.60. The van der Waals surface area contributed by atoms with Gasteiger partial charge in [-0.1, -0.05) is 19.0 Å². The minimum Gasteiger partial charge on any atom is -0.338 e. The number of rotatable bonds is 6. The molecule has 1 heterocycles. The van der Waals surface area contributed by atoms with Gasteiger partial charge in [-0.15, -0.1) is 0 Å². The van der Waals surface area contributed by atoms with Gasteiger partial charge in [0.15, 0.2) is 5.82 Å². The molecule has 1 aliphatic carbocycles. The Labute approximate surface area is 96.0 Å². The monoisotopic (exact) mass is 224 g/mol. The third-order valence-corrected chi connectivity index (χ3v) is 2.69. The van der Waals surface area contributed by atoms with Crippen LogP contribution in [-0.2, 0) is 13.1 Å². The van der Waals surface area contributed by atoms with Crippen molar-refractivity contribution in [3.63, 3.8) is 0 Å². The zero-order valence-electron chi connectivity index (χ0n) is 10.0. The average Bonchev–Trinajstić information content (AvgIpc) is 2.98. The van der Waals surface area contributed by atoms with E-state index in [0.29, 0.717) is 18.4 Å². The predicted octanol–water partition coefficient (Wildman–Crippen LogP) is 1.15. The summed E-state index contributed by atoms with van der Waals surface area (Å²) >= 11 is 0. The Bertz CT molecular complexity index is 332. The first-order valence-electron chi connectivity index (χ1n) is 5.94. The van der Waals surface area contributed by atoms with Crippen LogP contribution in [0.15, 0.2) is 4.52 Å². The number of hydrogen-bond donors (Lipinski definition) is 1. The maximum absolute atomic E-state index is 5.44. The van der Waals surface area contributed by atoms with E-state index in [1.807, 2.05) is 0 Å². The summed E-state index contributed by atoms with van der Waals surface area (Å²) in [7, 11) is 0. The summed E-state index contributed by atoms with van der Waals surface area (Å²) in [6.45, 7) is 6.66. The van der Waals surface area contributed by atoms with Gasteiger partial charge in [-0.2, -0.15) is 4.98 Å². The summed E-state index contributed by atoms with van der Waals surface area (Å²) < 4.78 is 5.01. The van der Waals surface area contributed by atoms with Crippen LogP contribution in [0.2, 0.25) is 0 Å². The lowest BCUT2D eigenvalue weighted by Crippen LogP contribution is -2.29. The summed E-state index contributed by atoms with van der Waals surface area (Å²) in [5, 5.41) is 3.94. The molecule has 5 heteroatoms. The van der Waals surface area contributed by atoms with Gasteiger partial charge >= 0.3 is 0 Å². The normalized spacial score (nSPS) is 16.3. The highest BCUT2D eigenvalue weighted by Gasteiger charge is 2.30. The van der Waals surface area contributed by atoms with E-state index in [1.165, 1.54) is 12.8 Å². The van der Waals surface area contributed by atoms with E-state index < -0.39 is 0 Å². The fourth-order valence-corrected chi connectivity index (χ4v) is 1.87. The van der Waals surface area contributed by atoms with Crippen molar-refractivity contribution in [1.82, 2.24) is 15.0 Å². The van der Waals surface area contributed by atoms with Crippen LogP contribution in [0.1, 0.15) is 38.4 Å². The summed E-state index contributed by atoms with van der Waals surface area (Å²) in [6, 6.07) is 0.724. The van der Waals surface area contributed by atoms with Crippen LogP contribution < -0.4 is 5.73 Å². The van der Waals surface area contributed by atoms with E-state index >= 15 is 0 Å². The van der Waals surface area contributed by atoms with Crippen molar-refractivity contribution in [3.8, 4) is 0 Å². The molecule has 0 spiro atoms. The maximum Gasteiger partial charge on any atom is 0.240 e. The Morgan fingerprint density at radius 3 is 2.75 bits per heavy atom. The van der Waals surface area contributed by atoms with Gasteiger partial charge in [0.2, 0.25) is 5.89 Å². The van der Waals surface area contributed by atoms with Crippen molar-refractivity contribution >= 4 is 0 Å². The highest BCUT2D eigenvalue weighted by atomic mass is 16.5. The molecule has 16 heavy (non-hydrogen) atoms. The van der Waals surface area contributed by atoms with E-state index in [0.717, 1.165) is 25.0 Å². The van der Waals surface area contributed by atoms with Crippen molar-refractivity contribution in [2.75, 3.05) is 6.54 Å². The topological polar surface area (TPSA) is 68.2 Å². The van der Waals surface area contributed by atoms with Crippen LogP contribution in [0.5, 0.6) is 0 Å². The van der Waals surface area contributed by atoms with Crippen LogP contribution in [0.4, 0.5) is 0 Å². The van der Waals surface area contributed by atoms with Crippen molar-refractivity contribution in [1.29, 1.82) is 0 Å². The number of nitrogens with two attached hydrogens (primary N) is 1. The molecule has 1 saturated carbocycles. The molecule has 0 atom stereocenters. The average molecular weight is 224 g/mol. The minimum absolute atomic E-state index is 0.320. The first-order chi connectivity index (χ1) is 7.69. The summed E-state index contributed by atoms with van der Waals surface area (Å²) in [5.74, 6) is 1.95. The zero-order valence-corrected chi connectivity index (χ0v) is 10.0. The van der Waals surface area contributed by atoms with E-state index in [9.17, 15) is 0 Å². The lowest BCUT2D eigenvalue weighted by Gasteiger charge is -2.22. The second-order valence-corrected chi connectivity index (χ2v) is 4.86. The van der Waals surface area contributed by atoms with Gasteiger partial charge in [-0.25, -0.2) is 0 Å². The molecule has 1 aliphatic rings. The Kier molecular flexibility index (Phi) is 3.56. The van der Waals surface area contributed by atoms with E-state index in [-0.39, 0.29) is 0 Å². The summed E-state index contributed by atoms with van der Waals surface area (Å²) in [5.41, 5.74) is 5.44. The van der Waals surface area contributed by atoms with E-state index in [4.69, 9.17) is 10.3 Å². The lowest BCUT2D eigenvalue weighted by molar-refractivity contribution is 0.217. The quantitative estimate of drug-likeness (QED) is 0.785. The SMILES string of the molecule is CC(C)CN(Cc1noc(CN)n1)C1CC1. The Morgan fingerprint density at radius 2 is 2.25 bits per heavy atom. The zero-order chi connectivity index (χ0) is 11.5. The lowest BCUT2D eigenvalue weighted by atomic mass is 10.2. The molecule has 0 bridgehead atoms. The third-order valence-electron chi connectivity index (χ3n) is 2.69. The maximum atomic E-state index is 5.44. The molecule has 1 aromatic rings. The first kappa shape index (κ1) is 11.5. The standard InChI is InChI=1S/C11H20N4O/c1-8(2)6-15(9-3-4-9)7-10-13-11(5-12)16-14-10/h8-9H,3-7,12H2,1-2H3. The van der Waals surface area contributed by atoms with E-state index in [2.05, 4.69) is 28.9 Å². The Morgan fingerprint density at radius 1 is 1.50 bits per heavy atom. The molecule has 0 saturated heterocycles. The van der Waals surface area contributed by atoms with Gasteiger partial charge in [-0.3, -0.25) is 4.90 Å². The minimum atomic E-state index is 0.320. The van der Waals surface area contributed by atoms with Gasteiger partial charge in [0.05, 0.1) is 13.1 Å². The van der Waals surface area contributed by atoms with Crippen LogP contribution in [-0.4, -0.2) is 27.6 Å². The van der Waals surface area contributed by atoms with Crippen LogP contribution >= 0.6 is 0 Å². The number of nitrogens with zero attached hydrogens (tertiary/aromatic N) is 3. The van der Waals surface area contributed by atoms with Gasteiger partial charge < -0.3 is 10.3 Å².